The van der Waals surface area contributed by atoms with Crippen LogP contribution < -0.4 is 9.47 Å². The molecular formula is C15H22N5O4S2+. The normalized spacial score (nSPS) is 12.0. The lowest BCUT2D eigenvalue weighted by Gasteiger charge is -2.23. The van der Waals surface area contributed by atoms with Crippen molar-refractivity contribution in [2.24, 2.45) is 17.3 Å². The molecule has 11 heteroatoms. The van der Waals surface area contributed by atoms with Gasteiger partial charge in [0.1, 0.15) is 17.2 Å². The zero-order valence-electron chi connectivity index (χ0n) is 14.9. The number of nitrogens with zero attached hydrogens (tertiary/aromatic N) is 5. The number of rotatable bonds is 9. The zero-order valence-corrected chi connectivity index (χ0v) is 16.5. The molecular weight excluding hydrogens is 378 g/mol. The summed E-state index contributed by atoms with van der Waals surface area (Å²) in [6.07, 6.45) is 2.15. The molecule has 0 spiro atoms. The van der Waals surface area contributed by atoms with Gasteiger partial charge in [-0.1, -0.05) is 5.11 Å². The van der Waals surface area contributed by atoms with E-state index in [1.807, 2.05) is 39.1 Å². The Bertz CT molecular complexity index is 867. The van der Waals surface area contributed by atoms with Crippen molar-refractivity contribution in [2.75, 3.05) is 24.6 Å². The van der Waals surface area contributed by atoms with Gasteiger partial charge in [-0.2, -0.15) is 8.42 Å². The third kappa shape index (κ3) is 6.09. The maximum Gasteiger partial charge on any atom is 0.397 e. The number of hydrogen-bond donors (Lipinski definition) is 1. The van der Waals surface area contributed by atoms with E-state index >= 15 is 0 Å². The van der Waals surface area contributed by atoms with Crippen molar-refractivity contribution in [2.45, 2.75) is 20.3 Å². The fourth-order valence-corrected chi connectivity index (χ4v) is 3.14. The smallest absolute Gasteiger partial charge is 0.372 e. The number of azo groups is 1. The van der Waals surface area contributed by atoms with Gasteiger partial charge in [0.2, 0.25) is 6.33 Å². The fraction of sp³-hybridized carbons (Fsp3) is 0.467. The summed E-state index contributed by atoms with van der Waals surface area (Å²) in [7, 11) is -2.52. The van der Waals surface area contributed by atoms with Gasteiger partial charge >= 0.3 is 15.5 Å². The molecule has 0 amide bonds. The average Bonchev–Trinajstić information content (AvgIpc) is 2.98. The van der Waals surface area contributed by atoms with Gasteiger partial charge in [0.15, 0.2) is 0 Å². The fourth-order valence-electron chi connectivity index (χ4n) is 2.28. The molecule has 0 atom stereocenters. The highest BCUT2D eigenvalue weighted by atomic mass is 32.3. The molecule has 142 valence electrons. The first-order valence-electron chi connectivity index (χ1n) is 7.99. The number of benzene rings is 1. The van der Waals surface area contributed by atoms with Gasteiger partial charge in [-0.25, -0.2) is 8.75 Å². The lowest BCUT2D eigenvalue weighted by Crippen LogP contribution is -2.25. The van der Waals surface area contributed by atoms with Crippen molar-refractivity contribution in [1.29, 1.82) is 0 Å². The molecule has 0 unspecified atom stereocenters. The van der Waals surface area contributed by atoms with Crippen LogP contribution in [-0.2, 0) is 21.6 Å². The molecule has 1 aromatic carbocycles. The third-order valence-corrected chi connectivity index (χ3v) is 4.83. The van der Waals surface area contributed by atoms with Crippen LogP contribution in [0.15, 0.2) is 34.8 Å². The van der Waals surface area contributed by atoms with Crippen molar-refractivity contribution >= 4 is 38.4 Å². The summed E-state index contributed by atoms with van der Waals surface area (Å²) < 4.78 is 39.9. The maximum absolute atomic E-state index is 10.6. The second-order valence-electron chi connectivity index (χ2n) is 5.56. The SMILES string of the molecule is CCN(CCCOS(=O)(=O)O)c1ccc(N=Nc2snc[n+]2C)c(C)c1. The minimum absolute atomic E-state index is 0.0630. The highest BCUT2D eigenvalue weighted by molar-refractivity contribution is 7.80. The topological polar surface area (TPSA) is 108 Å². The molecule has 2 rings (SSSR count). The molecule has 26 heavy (non-hydrogen) atoms. The van der Waals surface area contributed by atoms with Gasteiger partial charge in [-0.3, -0.25) is 4.55 Å². The van der Waals surface area contributed by atoms with Crippen molar-refractivity contribution in [1.82, 2.24) is 4.37 Å². The van der Waals surface area contributed by atoms with E-state index in [1.165, 1.54) is 11.5 Å². The van der Waals surface area contributed by atoms with Gasteiger partial charge in [0, 0.05) is 23.9 Å². The monoisotopic (exact) mass is 400 g/mol. The summed E-state index contributed by atoms with van der Waals surface area (Å²) in [4.78, 5) is 2.09. The van der Waals surface area contributed by atoms with Crippen LogP contribution in [0.2, 0.25) is 0 Å². The van der Waals surface area contributed by atoms with Crippen molar-refractivity contribution in [3.8, 4) is 0 Å². The van der Waals surface area contributed by atoms with E-state index in [9.17, 15) is 8.42 Å². The summed E-state index contributed by atoms with van der Waals surface area (Å²) >= 11 is 1.27. The van der Waals surface area contributed by atoms with Gasteiger partial charge in [0.25, 0.3) is 0 Å². The maximum atomic E-state index is 10.6. The molecule has 1 heterocycles. The first-order valence-corrected chi connectivity index (χ1v) is 10.1. The molecule has 0 aliphatic heterocycles. The minimum atomic E-state index is -4.38. The van der Waals surface area contributed by atoms with Crippen LogP contribution in [0.3, 0.4) is 0 Å². The van der Waals surface area contributed by atoms with Crippen molar-refractivity contribution in [3.05, 3.63) is 30.1 Å². The predicted octanol–water partition coefficient (Wildman–Crippen LogP) is 2.73. The van der Waals surface area contributed by atoms with Crippen molar-refractivity contribution < 1.29 is 21.7 Å². The standard InChI is InChI=1S/C15H21N5O4S2/c1-4-20(8-5-9-24-26(21,22)23)13-6-7-14(12(2)10-13)17-18-15-19(3)11-16-25-15/h6-7,10-11H,4-5,8-9H2,1-3H3/p+1. The Balaban J connectivity index is 2.02. The molecule has 0 aliphatic rings. The molecule has 0 saturated heterocycles. The van der Waals surface area contributed by atoms with Crippen LogP contribution in [0.5, 0.6) is 0 Å². The van der Waals surface area contributed by atoms with Gasteiger partial charge in [-0.05, 0) is 48.4 Å². The van der Waals surface area contributed by atoms with E-state index in [0.29, 0.717) is 18.1 Å². The van der Waals surface area contributed by atoms with Crippen LogP contribution in [0.1, 0.15) is 18.9 Å². The van der Waals surface area contributed by atoms with Gasteiger partial charge < -0.3 is 4.90 Å². The van der Waals surface area contributed by atoms with E-state index in [-0.39, 0.29) is 6.61 Å². The first-order chi connectivity index (χ1) is 12.3. The summed E-state index contributed by atoms with van der Waals surface area (Å²) in [5.41, 5.74) is 2.75. The quantitative estimate of drug-likeness (QED) is 0.300. The Morgan fingerprint density at radius 3 is 2.73 bits per heavy atom. The summed E-state index contributed by atoms with van der Waals surface area (Å²) in [5, 5.41) is 9.20. The van der Waals surface area contributed by atoms with Crippen molar-refractivity contribution in [3.63, 3.8) is 0 Å². The highest BCUT2D eigenvalue weighted by Crippen LogP contribution is 2.26. The lowest BCUT2D eigenvalue weighted by molar-refractivity contribution is -0.656. The van der Waals surface area contributed by atoms with Gasteiger partial charge in [0.05, 0.1) is 13.7 Å². The molecule has 2 aromatic rings. The number of hydrogen-bond acceptors (Lipinski definition) is 8. The molecule has 0 radical (unpaired) electrons. The molecule has 1 aromatic heterocycles. The van der Waals surface area contributed by atoms with Gasteiger partial charge in [-0.15, -0.1) is 0 Å². The van der Waals surface area contributed by atoms with Crippen LogP contribution >= 0.6 is 11.5 Å². The molecule has 0 bridgehead atoms. The Labute approximate surface area is 157 Å². The summed E-state index contributed by atoms with van der Waals surface area (Å²) in [5.74, 6) is 0. The second-order valence-corrected chi connectivity index (χ2v) is 7.41. The molecule has 9 nitrogen and oxygen atoms in total. The molecule has 0 saturated carbocycles. The number of aryl methyl sites for hydroxylation is 2. The Hall–Kier alpha value is -1.95. The van der Waals surface area contributed by atoms with E-state index < -0.39 is 10.4 Å². The second kappa shape index (κ2) is 9.12. The Morgan fingerprint density at radius 2 is 2.15 bits per heavy atom. The van der Waals surface area contributed by atoms with Crippen LogP contribution in [0.25, 0.3) is 0 Å². The lowest BCUT2D eigenvalue weighted by atomic mass is 10.1. The third-order valence-electron chi connectivity index (χ3n) is 3.63. The highest BCUT2D eigenvalue weighted by Gasteiger charge is 2.11. The van der Waals surface area contributed by atoms with Crippen LogP contribution in [0, 0.1) is 6.92 Å². The minimum Gasteiger partial charge on any atom is -0.372 e. The first kappa shape index (κ1) is 20.4. The molecule has 0 aliphatic carbocycles. The van der Waals surface area contributed by atoms with Crippen LogP contribution in [-0.4, -0.2) is 37.0 Å². The van der Waals surface area contributed by atoms with E-state index in [0.717, 1.165) is 23.5 Å². The molecule has 1 N–H and O–H groups in total. The van der Waals surface area contributed by atoms with Crippen LogP contribution in [0.4, 0.5) is 16.5 Å². The Morgan fingerprint density at radius 1 is 1.38 bits per heavy atom. The largest absolute Gasteiger partial charge is 0.397 e. The number of anilines is 1. The molecule has 0 fully saturated rings. The summed E-state index contributed by atoms with van der Waals surface area (Å²) in [6, 6.07) is 5.85. The van der Waals surface area contributed by atoms with E-state index in [2.05, 4.69) is 23.7 Å². The van der Waals surface area contributed by atoms with E-state index in [1.54, 1.807) is 10.9 Å². The Kier molecular flexibility index (Phi) is 7.14. The van der Waals surface area contributed by atoms with E-state index in [4.69, 9.17) is 4.55 Å². The summed E-state index contributed by atoms with van der Waals surface area (Å²) in [6.45, 7) is 5.26. The predicted molar refractivity (Wildman–Crippen MR) is 98.6 cm³/mol. The zero-order chi connectivity index (χ0) is 19.2. The average molecular weight is 401 g/mol. The number of aromatic nitrogens is 2.